The third-order valence-electron chi connectivity index (χ3n) is 3.47. The highest BCUT2D eigenvalue weighted by Gasteiger charge is 2.41. The van der Waals surface area contributed by atoms with Crippen molar-refractivity contribution in [1.29, 1.82) is 0 Å². The quantitative estimate of drug-likeness (QED) is 0.749. The van der Waals surface area contributed by atoms with Crippen LogP contribution >= 0.6 is 34.5 Å². The molecule has 1 unspecified atom stereocenters. The largest absolute Gasteiger partial charge is 0.481 e. The van der Waals surface area contributed by atoms with Gasteiger partial charge in [0.1, 0.15) is 6.04 Å². The molecule has 1 aliphatic heterocycles. The van der Waals surface area contributed by atoms with Crippen molar-refractivity contribution in [2.45, 2.75) is 18.9 Å². The van der Waals surface area contributed by atoms with Crippen molar-refractivity contribution in [3.05, 3.63) is 39.3 Å². The highest BCUT2D eigenvalue weighted by molar-refractivity contribution is 7.14. The number of halogens is 2. The standard InChI is InChI=1S/C15H11Cl2N3O4S/c16-9-2-1-7(3-10(9)17)18-11-5-12(21)20(14(11)24)15-19-8(6-25-15)4-13(22)23/h1-3,6,11,18H,4-5H2,(H,22,23). The van der Waals surface area contributed by atoms with Crippen molar-refractivity contribution in [2.75, 3.05) is 10.2 Å². The van der Waals surface area contributed by atoms with Crippen LogP contribution in [0.4, 0.5) is 10.8 Å². The van der Waals surface area contributed by atoms with E-state index in [0.717, 1.165) is 16.2 Å². The molecule has 3 rings (SSSR count). The van der Waals surface area contributed by atoms with Crippen molar-refractivity contribution < 1.29 is 19.5 Å². The third kappa shape index (κ3) is 3.76. The number of aliphatic carboxylic acids is 1. The van der Waals surface area contributed by atoms with Gasteiger partial charge in [0, 0.05) is 11.1 Å². The molecule has 2 N–H and O–H groups in total. The molecule has 2 heterocycles. The lowest BCUT2D eigenvalue weighted by Crippen LogP contribution is -2.34. The molecule has 1 aromatic carbocycles. The summed E-state index contributed by atoms with van der Waals surface area (Å²) in [7, 11) is 0. The Morgan fingerprint density at radius 3 is 2.80 bits per heavy atom. The summed E-state index contributed by atoms with van der Waals surface area (Å²) in [5.41, 5.74) is 0.863. The molecule has 0 saturated carbocycles. The number of rotatable bonds is 5. The topological polar surface area (TPSA) is 99.6 Å². The number of amides is 2. The van der Waals surface area contributed by atoms with E-state index in [1.54, 1.807) is 18.2 Å². The Morgan fingerprint density at radius 2 is 2.12 bits per heavy atom. The normalized spacial score (nSPS) is 17.2. The minimum Gasteiger partial charge on any atom is -0.481 e. The monoisotopic (exact) mass is 399 g/mol. The van der Waals surface area contributed by atoms with Crippen molar-refractivity contribution >= 4 is 63.1 Å². The van der Waals surface area contributed by atoms with E-state index in [2.05, 4.69) is 10.3 Å². The number of hydrogen-bond acceptors (Lipinski definition) is 6. The number of thiazole rings is 1. The molecule has 0 aliphatic carbocycles. The van der Waals surface area contributed by atoms with Crippen molar-refractivity contribution in [3.8, 4) is 0 Å². The SMILES string of the molecule is O=C(O)Cc1csc(N2C(=O)CC(Nc3ccc(Cl)c(Cl)c3)C2=O)n1. The van der Waals surface area contributed by atoms with E-state index in [4.69, 9.17) is 28.3 Å². The van der Waals surface area contributed by atoms with Gasteiger partial charge in [-0.15, -0.1) is 11.3 Å². The van der Waals surface area contributed by atoms with Gasteiger partial charge in [0.2, 0.25) is 5.91 Å². The molecule has 1 atom stereocenters. The maximum Gasteiger partial charge on any atom is 0.309 e. The molecule has 130 valence electrons. The Hall–Kier alpha value is -2.16. The maximum atomic E-state index is 12.5. The first kappa shape index (κ1) is 17.7. The zero-order valence-corrected chi connectivity index (χ0v) is 14.9. The minimum atomic E-state index is -1.03. The lowest BCUT2D eigenvalue weighted by Gasteiger charge is -2.14. The van der Waals surface area contributed by atoms with Gasteiger partial charge < -0.3 is 10.4 Å². The Labute approximate surface area is 156 Å². The Kier molecular flexibility index (Phi) is 4.94. The van der Waals surface area contributed by atoms with E-state index in [0.29, 0.717) is 21.4 Å². The Morgan fingerprint density at radius 1 is 1.36 bits per heavy atom. The van der Waals surface area contributed by atoms with E-state index in [1.165, 1.54) is 5.38 Å². The number of nitrogens with zero attached hydrogens (tertiary/aromatic N) is 2. The second kappa shape index (κ2) is 6.99. The van der Waals surface area contributed by atoms with E-state index in [1.807, 2.05) is 0 Å². The number of carbonyl (C=O) groups is 3. The molecule has 1 aliphatic rings. The second-order valence-electron chi connectivity index (χ2n) is 5.29. The molecule has 0 bridgehead atoms. The molecule has 0 radical (unpaired) electrons. The third-order valence-corrected chi connectivity index (χ3v) is 5.08. The van der Waals surface area contributed by atoms with Gasteiger partial charge in [-0.1, -0.05) is 23.2 Å². The average Bonchev–Trinajstić information content (AvgIpc) is 3.07. The number of imide groups is 1. The lowest BCUT2D eigenvalue weighted by molar-refractivity contribution is -0.136. The number of aromatic nitrogens is 1. The number of benzene rings is 1. The summed E-state index contributed by atoms with van der Waals surface area (Å²) in [6.07, 6.45) is -0.301. The van der Waals surface area contributed by atoms with Crippen LogP contribution in [0.1, 0.15) is 12.1 Å². The lowest BCUT2D eigenvalue weighted by atomic mass is 10.2. The van der Waals surface area contributed by atoms with Crippen LogP contribution in [0.5, 0.6) is 0 Å². The van der Waals surface area contributed by atoms with Gasteiger partial charge >= 0.3 is 5.97 Å². The zero-order valence-electron chi connectivity index (χ0n) is 12.5. The number of hydrogen-bond donors (Lipinski definition) is 2. The first-order chi connectivity index (χ1) is 11.8. The Bertz CT molecular complexity index is 870. The second-order valence-corrected chi connectivity index (χ2v) is 6.94. The molecule has 1 fully saturated rings. The number of carboxylic acid groups (broad SMARTS) is 1. The molecule has 10 heteroatoms. The molecule has 1 aromatic heterocycles. The number of carboxylic acids is 1. The molecule has 2 amide bonds. The van der Waals surface area contributed by atoms with Gasteiger partial charge in [-0.2, -0.15) is 0 Å². The summed E-state index contributed by atoms with van der Waals surface area (Å²) in [5.74, 6) is -1.89. The number of nitrogens with one attached hydrogen (secondary N) is 1. The molecule has 2 aromatic rings. The van der Waals surface area contributed by atoms with E-state index >= 15 is 0 Å². The van der Waals surface area contributed by atoms with E-state index in [9.17, 15) is 14.4 Å². The smallest absolute Gasteiger partial charge is 0.309 e. The molecule has 7 nitrogen and oxygen atoms in total. The van der Waals surface area contributed by atoms with Gasteiger partial charge in [0.05, 0.1) is 28.6 Å². The first-order valence-corrected chi connectivity index (χ1v) is 8.73. The average molecular weight is 400 g/mol. The summed E-state index contributed by atoms with van der Waals surface area (Å²) < 4.78 is 0. The first-order valence-electron chi connectivity index (χ1n) is 7.09. The van der Waals surface area contributed by atoms with Gasteiger partial charge in [-0.05, 0) is 18.2 Å². The molecular formula is C15H11Cl2N3O4S. The van der Waals surface area contributed by atoms with Gasteiger partial charge in [0.25, 0.3) is 5.91 Å². The molecule has 25 heavy (non-hydrogen) atoms. The number of carbonyl (C=O) groups excluding carboxylic acids is 2. The maximum absolute atomic E-state index is 12.5. The summed E-state index contributed by atoms with van der Waals surface area (Å²) in [6, 6.07) is 4.06. The van der Waals surface area contributed by atoms with Crippen molar-refractivity contribution in [1.82, 2.24) is 4.98 Å². The predicted molar refractivity (Wildman–Crippen MR) is 94.4 cm³/mol. The van der Waals surface area contributed by atoms with Crippen LogP contribution in [-0.2, 0) is 20.8 Å². The highest BCUT2D eigenvalue weighted by atomic mass is 35.5. The van der Waals surface area contributed by atoms with Crippen LogP contribution in [0, 0.1) is 0 Å². The highest BCUT2D eigenvalue weighted by Crippen LogP contribution is 2.30. The molecule has 1 saturated heterocycles. The summed E-state index contributed by atoms with van der Waals surface area (Å²) in [4.78, 5) is 40.5. The zero-order chi connectivity index (χ0) is 18.1. The van der Waals surface area contributed by atoms with Crippen LogP contribution in [0.2, 0.25) is 10.0 Å². The minimum absolute atomic E-state index is 0.0348. The van der Waals surface area contributed by atoms with Gasteiger partial charge in [-0.3, -0.25) is 14.4 Å². The van der Waals surface area contributed by atoms with E-state index < -0.39 is 23.8 Å². The van der Waals surface area contributed by atoms with Crippen molar-refractivity contribution in [2.24, 2.45) is 0 Å². The van der Waals surface area contributed by atoms with Gasteiger partial charge in [-0.25, -0.2) is 9.88 Å². The Balaban J connectivity index is 1.76. The predicted octanol–water partition coefficient (Wildman–Crippen LogP) is 2.82. The summed E-state index contributed by atoms with van der Waals surface area (Å²) in [5, 5.41) is 14.1. The van der Waals surface area contributed by atoms with Crippen LogP contribution < -0.4 is 10.2 Å². The van der Waals surface area contributed by atoms with Crippen LogP contribution in [-0.4, -0.2) is 33.9 Å². The van der Waals surface area contributed by atoms with Crippen LogP contribution in [0.15, 0.2) is 23.6 Å². The van der Waals surface area contributed by atoms with Gasteiger partial charge in [0.15, 0.2) is 5.13 Å². The summed E-state index contributed by atoms with van der Waals surface area (Å²) >= 11 is 12.8. The fraction of sp³-hybridized carbons (Fsp3) is 0.200. The molecule has 0 spiro atoms. The van der Waals surface area contributed by atoms with Crippen LogP contribution in [0.3, 0.4) is 0 Å². The van der Waals surface area contributed by atoms with E-state index in [-0.39, 0.29) is 18.0 Å². The van der Waals surface area contributed by atoms with Crippen LogP contribution in [0.25, 0.3) is 0 Å². The van der Waals surface area contributed by atoms with Crippen molar-refractivity contribution in [3.63, 3.8) is 0 Å². The fourth-order valence-electron chi connectivity index (χ4n) is 2.37. The number of anilines is 2. The fourth-order valence-corrected chi connectivity index (χ4v) is 3.51. The molecular weight excluding hydrogens is 389 g/mol. The summed E-state index contributed by atoms with van der Waals surface area (Å²) in [6.45, 7) is 0.